The Morgan fingerprint density at radius 3 is 2.33 bits per heavy atom. The van der Waals surface area contributed by atoms with Gasteiger partial charge in [-0.2, -0.15) is 0 Å². The van der Waals surface area contributed by atoms with Gasteiger partial charge in [-0.1, -0.05) is 24.3 Å². The Morgan fingerprint density at radius 2 is 1.71 bits per heavy atom. The van der Waals surface area contributed by atoms with Gasteiger partial charge >= 0.3 is 0 Å². The van der Waals surface area contributed by atoms with Gasteiger partial charge in [0.2, 0.25) is 5.91 Å². The Hall–Kier alpha value is -2.08. The predicted octanol–water partition coefficient (Wildman–Crippen LogP) is 2.37. The molecule has 0 bridgehead atoms. The highest BCUT2D eigenvalue weighted by Crippen LogP contribution is 2.26. The van der Waals surface area contributed by atoms with Gasteiger partial charge in [0.25, 0.3) is 0 Å². The molecular weight excluding hydrogens is 296 g/mol. The zero-order chi connectivity index (χ0) is 15.4. The van der Waals surface area contributed by atoms with Crippen molar-refractivity contribution in [2.75, 3.05) is 5.75 Å². The van der Waals surface area contributed by atoms with E-state index in [0.717, 1.165) is 6.07 Å². The van der Waals surface area contributed by atoms with Crippen LogP contribution in [0.2, 0.25) is 0 Å². The van der Waals surface area contributed by atoms with Gasteiger partial charge in [0, 0.05) is 22.6 Å². The van der Waals surface area contributed by atoms with E-state index in [0.29, 0.717) is 16.7 Å². The van der Waals surface area contributed by atoms with Crippen molar-refractivity contribution < 1.29 is 17.8 Å². The lowest BCUT2D eigenvalue weighted by Crippen LogP contribution is -2.20. The molecule has 2 rings (SSSR count). The van der Waals surface area contributed by atoms with E-state index in [-0.39, 0.29) is 11.5 Å². The third-order valence-corrected chi connectivity index (χ3v) is 4.05. The van der Waals surface area contributed by atoms with Crippen LogP contribution in [0.1, 0.15) is 5.56 Å². The second kappa shape index (κ2) is 6.58. The predicted molar refractivity (Wildman–Crippen MR) is 77.7 cm³/mol. The minimum absolute atomic E-state index is 0.0945. The van der Waals surface area contributed by atoms with Crippen LogP contribution in [0.15, 0.2) is 42.5 Å². The molecule has 3 nitrogen and oxygen atoms in total. The number of carbonyl (C=O) groups is 1. The van der Waals surface area contributed by atoms with E-state index in [9.17, 15) is 17.8 Å². The number of hydrogen-bond acceptors (Lipinski definition) is 2. The summed E-state index contributed by atoms with van der Waals surface area (Å²) in [5.74, 6) is -2.16. The fraction of sp³-hybridized carbons (Fsp3) is 0.133. The van der Waals surface area contributed by atoms with E-state index in [4.69, 9.17) is 5.73 Å². The maximum Gasteiger partial charge on any atom is 0.230 e. The molecule has 0 heterocycles. The fourth-order valence-corrected chi connectivity index (χ4v) is 3.04. The van der Waals surface area contributed by atoms with Crippen LogP contribution >= 0.6 is 0 Å². The molecule has 2 aromatic carbocycles. The van der Waals surface area contributed by atoms with Crippen molar-refractivity contribution in [2.45, 2.75) is 5.75 Å². The van der Waals surface area contributed by atoms with Crippen LogP contribution in [0.4, 0.5) is 8.78 Å². The molecule has 6 heteroatoms. The minimum atomic E-state index is -1.46. The van der Waals surface area contributed by atoms with Gasteiger partial charge in [-0.15, -0.1) is 0 Å². The number of hydrogen-bond donors (Lipinski definition) is 1. The lowest BCUT2D eigenvalue weighted by Gasteiger charge is -2.09. The maximum absolute atomic E-state index is 13.3. The van der Waals surface area contributed by atoms with Crippen molar-refractivity contribution in [1.82, 2.24) is 0 Å². The standard InChI is InChI=1S/C15H13F2NO2S/c16-12-5-11(6-13(17)7-12)14-4-2-1-3-10(14)8-21(20)9-15(18)19/h1-7H,8-9H2,(H2,18,19)/t21-/m0/s1. The van der Waals surface area contributed by atoms with Crippen LogP contribution in [0, 0.1) is 11.6 Å². The summed E-state index contributed by atoms with van der Waals surface area (Å²) in [6.45, 7) is 0. The van der Waals surface area contributed by atoms with Crippen LogP contribution in [-0.4, -0.2) is 15.9 Å². The zero-order valence-corrected chi connectivity index (χ0v) is 11.8. The smallest absolute Gasteiger partial charge is 0.230 e. The van der Waals surface area contributed by atoms with Crippen molar-refractivity contribution in [3.63, 3.8) is 0 Å². The van der Waals surface area contributed by atoms with Crippen molar-refractivity contribution in [3.05, 3.63) is 59.7 Å². The van der Waals surface area contributed by atoms with Crippen molar-refractivity contribution >= 4 is 16.7 Å². The lowest BCUT2D eigenvalue weighted by molar-refractivity contribution is -0.115. The molecule has 0 radical (unpaired) electrons. The number of halogens is 2. The van der Waals surface area contributed by atoms with Crippen molar-refractivity contribution in [1.29, 1.82) is 0 Å². The van der Waals surface area contributed by atoms with Crippen LogP contribution in [0.3, 0.4) is 0 Å². The molecule has 21 heavy (non-hydrogen) atoms. The highest BCUT2D eigenvalue weighted by Gasteiger charge is 2.11. The van der Waals surface area contributed by atoms with E-state index in [1.807, 2.05) is 0 Å². The monoisotopic (exact) mass is 309 g/mol. The second-order valence-corrected chi connectivity index (χ2v) is 5.97. The lowest BCUT2D eigenvalue weighted by atomic mass is 10.0. The first-order chi connectivity index (χ1) is 9.95. The van der Waals surface area contributed by atoms with E-state index in [2.05, 4.69) is 0 Å². The summed E-state index contributed by atoms with van der Waals surface area (Å²) in [6.07, 6.45) is 0. The number of rotatable bonds is 5. The normalized spacial score (nSPS) is 12.1. The number of nitrogens with two attached hydrogens (primary N) is 1. The maximum atomic E-state index is 13.3. The molecule has 2 aromatic rings. The molecular formula is C15H13F2NO2S. The molecule has 1 atom stereocenters. The molecule has 0 unspecified atom stereocenters. The topological polar surface area (TPSA) is 60.2 Å². The number of benzene rings is 2. The molecule has 0 aliphatic rings. The molecule has 0 aromatic heterocycles. The third kappa shape index (κ3) is 4.19. The van der Waals surface area contributed by atoms with Crippen molar-refractivity contribution in [3.8, 4) is 11.1 Å². The van der Waals surface area contributed by atoms with Gasteiger partial charge < -0.3 is 5.73 Å². The average molecular weight is 309 g/mol. The van der Waals surface area contributed by atoms with Gasteiger partial charge in [-0.25, -0.2) is 8.78 Å². The van der Waals surface area contributed by atoms with Crippen LogP contribution < -0.4 is 5.73 Å². The molecule has 0 aliphatic carbocycles. The van der Waals surface area contributed by atoms with Crippen LogP contribution in [0.25, 0.3) is 11.1 Å². The SMILES string of the molecule is NC(=O)C[S@@](=O)Cc1ccccc1-c1cc(F)cc(F)c1. The van der Waals surface area contributed by atoms with E-state index < -0.39 is 28.3 Å². The summed E-state index contributed by atoms with van der Waals surface area (Å²) in [6, 6.07) is 10.0. The first kappa shape index (κ1) is 15.3. The molecule has 0 saturated heterocycles. The average Bonchev–Trinajstić information content (AvgIpc) is 2.37. The summed E-state index contributed by atoms with van der Waals surface area (Å²) in [4.78, 5) is 10.8. The van der Waals surface area contributed by atoms with Gasteiger partial charge in [-0.3, -0.25) is 9.00 Å². The quantitative estimate of drug-likeness (QED) is 0.921. The Kier molecular flexibility index (Phi) is 4.80. The Labute approximate surface area is 123 Å². The molecule has 0 fully saturated rings. The molecule has 0 saturated carbocycles. The minimum Gasteiger partial charge on any atom is -0.369 e. The van der Waals surface area contributed by atoms with Crippen LogP contribution in [0.5, 0.6) is 0 Å². The first-order valence-corrected chi connectivity index (χ1v) is 7.62. The largest absolute Gasteiger partial charge is 0.369 e. The zero-order valence-electron chi connectivity index (χ0n) is 11.0. The van der Waals surface area contributed by atoms with Crippen molar-refractivity contribution in [2.24, 2.45) is 5.73 Å². The first-order valence-electron chi connectivity index (χ1n) is 6.13. The van der Waals surface area contributed by atoms with Gasteiger partial charge in [0.15, 0.2) is 0 Å². The highest BCUT2D eigenvalue weighted by atomic mass is 32.2. The molecule has 0 spiro atoms. The number of primary amides is 1. The van der Waals surface area contributed by atoms with Gasteiger partial charge in [0.05, 0.1) is 0 Å². The Balaban J connectivity index is 2.36. The second-order valence-electron chi connectivity index (χ2n) is 4.51. The van der Waals surface area contributed by atoms with E-state index in [1.54, 1.807) is 24.3 Å². The summed E-state index contributed by atoms with van der Waals surface area (Å²) in [7, 11) is -1.46. The van der Waals surface area contributed by atoms with Crippen LogP contribution in [-0.2, 0) is 21.3 Å². The summed E-state index contributed by atoms with van der Waals surface area (Å²) < 4.78 is 38.4. The Bertz CT molecular complexity index is 684. The highest BCUT2D eigenvalue weighted by molar-refractivity contribution is 7.84. The molecule has 110 valence electrons. The Morgan fingerprint density at radius 1 is 1.10 bits per heavy atom. The summed E-state index contributed by atoms with van der Waals surface area (Å²) in [5, 5.41) is 0. The van der Waals surface area contributed by atoms with Gasteiger partial charge in [-0.05, 0) is 28.8 Å². The summed E-state index contributed by atoms with van der Waals surface area (Å²) in [5.41, 5.74) is 6.58. The molecule has 1 amide bonds. The number of carbonyl (C=O) groups excluding carboxylic acids is 1. The molecule has 0 aliphatic heterocycles. The summed E-state index contributed by atoms with van der Waals surface area (Å²) >= 11 is 0. The van der Waals surface area contributed by atoms with E-state index in [1.165, 1.54) is 12.1 Å². The third-order valence-electron chi connectivity index (χ3n) is 2.81. The van der Waals surface area contributed by atoms with Gasteiger partial charge in [0.1, 0.15) is 17.4 Å². The number of amides is 1. The fourth-order valence-electron chi connectivity index (χ4n) is 2.02. The van der Waals surface area contributed by atoms with E-state index >= 15 is 0 Å². The molecule has 2 N–H and O–H groups in total.